The van der Waals surface area contributed by atoms with E-state index >= 15 is 0 Å². The van der Waals surface area contributed by atoms with E-state index in [9.17, 15) is 4.79 Å². The van der Waals surface area contributed by atoms with Crippen molar-refractivity contribution in [2.24, 2.45) is 0 Å². The van der Waals surface area contributed by atoms with Crippen molar-refractivity contribution in [1.29, 1.82) is 0 Å². The first-order valence-corrected chi connectivity index (χ1v) is 5.22. The number of nitrogens with one attached hydrogen (secondary N) is 1. The molecule has 1 heterocycles. The van der Waals surface area contributed by atoms with Crippen LogP contribution in [0.1, 0.15) is 16.7 Å². The van der Waals surface area contributed by atoms with Crippen molar-refractivity contribution in [2.45, 2.75) is 20.8 Å². The Morgan fingerprint density at radius 1 is 1.12 bits per heavy atom. The molecule has 0 bridgehead atoms. The lowest BCUT2D eigenvalue weighted by atomic mass is 9.99. The zero-order chi connectivity index (χ0) is 11.7. The zero-order valence-electron chi connectivity index (χ0n) is 9.66. The second-order valence-corrected chi connectivity index (χ2v) is 3.95. The molecule has 2 aromatic rings. The molecule has 0 atom stereocenters. The summed E-state index contributed by atoms with van der Waals surface area (Å²) in [6.45, 7) is 5.90. The van der Waals surface area contributed by atoms with Gasteiger partial charge in [0, 0.05) is 11.1 Å². The topological polar surface area (TPSA) is 45.8 Å². The number of hydrogen-bond donors (Lipinski definition) is 1. The Bertz CT molecular complexity index is 585. The average Bonchev–Trinajstić information content (AvgIpc) is 2.27. The van der Waals surface area contributed by atoms with Crippen LogP contribution in [0, 0.1) is 20.8 Å². The highest BCUT2D eigenvalue weighted by Crippen LogP contribution is 2.24. The third-order valence-corrected chi connectivity index (χ3v) is 2.94. The van der Waals surface area contributed by atoms with Gasteiger partial charge in [-0.3, -0.25) is 4.79 Å². The number of aromatic amines is 1. The van der Waals surface area contributed by atoms with Crippen molar-refractivity contribution in [3.05, 3.63) is 51.6 Å². The fourth-order valence-corrected chi connectivity index (χ4v) is 1.75. The summed E-state index contributed by atoms with van der Waals surface area (Å²) in [4.78, 5) is 18.3. The highest BCUT2D eigenvalue weighted by atomic mass is 16.1. The van der Waals surface area contributed by atoms with Crippen molar-refractivity contribution in [3.8, 4) is 11.3 Å². The van der Waals surface area contributed by atoms with E-state index in [1.54, 1.807) is 6.92 Å². The molecule has 0 aliphatic heterocycles. The number of rotatable bonds is 1. The smallest absolute Gasteiger partial charge is 0.254 e. The van der Waals surface area contributed by atoms with E-state index in [1.165, 1.54) is 17.5 Å². The van der Waals surface area contributed by atoms with Gasteiger partial charge >= 0.3 is 0 Å². The molecule has 2 rings (SSSR count). The van der Waals surface area contributed by atoms with Gasteiger partial charge in [-0.15, -0.1) is 0 Å². The monoisotopic (exact) mass is 214 g/mol. The minimum Gasteiger partial charge on any atom is -0.313 e. The second-order valence-electron chi connectivity index (χ2n) is 3.95. The van der Waals surface area contributed by atoms with E-state index in [0.717, 1.165) is 11.3 Å². The molecule has 1 aromatic carbocycles. The van der Waals surface area contributed by atoms with Gasteiger partial charge in [0.15, 0.2) is 0 Å². The third kappa shape index (κ3) is 1.65. The van der Waals surface area contributed by atoms with Crippen LogP contribution in [0.5, 0.6) is 0 Å². The molecular weight excluding hydrogens is 200 g/mol. The summed E-state index contributed by atoms with van der Waals surface area (Å²) >= 11 is 0. The molecule has 3 nitrogen and oxygen atoms in total. The Hall–Kier alpha value is -1.90. The maximum Gasteiger partial charge on any atom is 0.254 e. The van der Waals surface area contributed by atoms with E-state index in [-0.39, 0.29) is 5.56 Å². The minimum absolute atomic E-state index is 0.0779. The summed E-state index contributed by atoms with van der Waals surface area (Å²) in [6, 6.07) is 6.04. The fraction of sp³-hybridized carbons (Fsp3) is 0.231. The van der Waals surface area contributed by atoms with Crippen LogP contribution < -0.4 is 5.56 Å². The summed E-state index contributed by atoms with van der Waals surface area (Å²) in [5.74, 6) is 0. The number of benzene rings is 1. The largest absolute Gasteiger partial charge is 0.313 e. The quantitative estimate of drug-likeness (QED) is 0.792. The molecule has 0 saturated carbocycles. The molecular formula is C13H14N2O. The normalized spacial score (nSPS) is 10.4. The Labute approximate surface area is 94.2 Å². The molecule has 0 fully saturated rings. The van der Waals surface area contributed by atoms with Crippen molar-refractivity contribution in [3.63, 3.8) is 0 Å². The number of hydrogen-bond acceptors (Lipinski definition) is 2. The number of nitrogens with zero attached hydrogens (tertiary/aromatic N) is 1. The molecule has 0 radical (unpaired) electrons. The van der Waals surface area contributed by atoms with Gasteiger partial charge in [0.05, 0.1) is 12.0 Å². The Morgan fingerprint density at radius 2 is 1.88 bits per heavy atom. The molecule has 0 aliphatic carbocycles. The zero-order valence-corrected chi connectivity index (χ0v) is 9.66. The van der Waals surface area contributed by atoms with Crippen LogP contribution in [0.4, 0.5) is 0 Å². The van der Waals surface area contributed by atoms with Gasteiger partial charge in [-0.05, 0) is 31.9 Å². The van der Waals surface area contributed by atoms with Gasteiger partial charge in [-0.25, -0.2) is 4.98 Å². The molecule has 0 spiro atoms. The minimum atomic E-state index is -0.0779. The number of aryl methyl sites for hydroxylation is 1. The van der Waals surface area contributed by atoms with Crippen LogP contribution in [-0.4, -0.2) is 9.97 Å². The first-order chi connectivity index (χ1) is 7.61. The second kappa shape index (κ2) is 3.93. The van der Waals surface area contributed by atoms with Crippen molar-refractivity contribution < 1.29 is 0 Å². The molecule has 3 heteroatoms. The van der Waals surface area contributed by atoms with Gasteiger partial charge in [-0.2, -0.15) is 0 Å². The summed E-state index contributed by atoms with van der Waals surface area (Å²) < 4.78 is 0. The first-order valence-electron chi connectivity index (χ1n) is 5.22. The number of H-pyrrole nitrogens is 1. The molecule has 16 heavy (non-hydrogen) atoms. The molecule has 0 unspecified atom stereocenters. The van der Waals surface area contributed by atoms with Crippen molar-refractivity contribution in [1.82, 2.24) is 9.97 Å². The molecule has 1 aromatic heterocycles. The van der Waals surface area contributed by atoms with E-state index in [0.29, 0.717) is 5.56 Å². The lowest BCUT2D eigenvalue weighted by Crippen LogP contribution is -2.11. The van der Waals surface area contributed by atoms with Crippen LogP contribution in [0.2, 0.25) is 0 Å². The molecule has 0 amide bonds. The summed E-state index contributed by atoms with van der Waals surface area (Å²) in [6.07, 6.45) is 1.45. The Morgan fingerprint density at radius 3 is 2.62 bits per heavy atom. The van der Waals surface area contributed by atoms with Gasteiger partial charge in [0.2, 0.25) is 0 Å². The molecule has 0 aliphatic rings. The van der Waals surface area contributed by atoms with Crippen LogP contribution in [-0.2, 0) is 0 Å². The van der Waals surface area contributed by atoms with E-state index < -0.39 is 0 Å². The highest BCUT2D eigenvalue weighted by Gasteiger charge is 2.09. The van der Waals surface area contributed by atoms with Gasteiger partial charge in [0.1, 0.15) is 0 Å². The van der Waals surface area contributed by atoms with Crippen molar-refractivity contribution >= 4 is 0 Å². The van der Waals surface area contributed by atoms with E-state index in [2.05, 4.69) is 23.0 Å². The maximum atomic E-state index is 11.5. The van der Waals surface area contributed by atoms with E-state index in [1.807, 2.05) is 19.1 Å². The van der Waals surface area contributed by atoms with Gasteiger partial charge in [-0.1, -0.05) is 18.2 Å². The predicted octanol–water partition coefficient (Wildman–Crippen LogP) is 2.36. The lowest BCUT2D eigenvalue weighted by Gasteiger charge is -2.09. The third-order valence-electron chi connectivity index (χ3n) is 2.94. The fourth-order valence-electron chi connectivity index (χ4n) is 1.75. The van der Waals surface area contributed by atoms with Crippen LogP contribution >= 0.6 is 0 Å². The molecule has 82 valence electrons. The summed E-state index contributed by atoms with van der Waals surface area (Å²) in [5, 5.41) is 0. The van der Waals surface area contributed by atoms with E-state index in [4.69, 9.17) is 0 Å². The lowest BCUT2D eigenvalue weighted by molar-refractivity contribution is 1.08. The molecule has 0 saturated heterocycles. The Balaban J connectivity index is 2.73. The Kier molecular flexibility index (Phi) is 2.60. The van der Waals surface area contributed by atoms with Gasteiger partial charge < -0.3 is 4.98 Å². The first kappa shape index (κ1) is 10.6. The summed E-state index contributed by atoms with van der Waals surface area (Å²) in [7, 11) is 0. The van der Waals surface area contributed by atoms with Crippen LogP contribution in [0.15, 0.2) is 29.3 Å². The average molecular weight is 214 g/mol. The van der Waals surface area contributed by atoms with Crippen LogP contribution in [0.3, 0.4) is 0 Å². The van der Waals surface area contributed by atoms with Crippen LogP contribution in [0.25, 0.3) is 11.3 Å². The highest BCUT2D eigenvalue weighted by molar-refractivity contribution is 5.67. The van der Waals surface area contributed by atoms with Crippen molar-refractivity contribution in [2.75, 3.05) is 0 Å². The number of aromatic nitrogens is 2. The standard InChI is InChI=1S/C13H14N2O/c1-8-5-4-6-11(9(8)2)12-10(3)13(16)15-7-14-12/h4-7H,1-3H3,(H,14,15,16). The predicted molar refractivity (Wildman–Crippen MR) is 64.5 cm³/mol. The molecule has 1 N–H and O–H groups in total. The van der Waals surface area contributed by atoms with Gasteiger partial charge in [0.25, 0.3) is 5.56 Å². The SMILES string of the molecule is Cc1cccc(-c2nc[nH]c(=O)c2C)c1C. The summed E-state index contributed by atoms with van der Waals surface area (Å²) in [5.41, 5.74) is 4.76. The maximum absolute atomic E-state index is 11.5.